The van der Waals surface area contributed by atoms with E-state index in [-0.39, 0.29) is 12.0 Å². The predicted molar refractivity (Wildman–Crippen MR) is 123 cm³/mol. The van der Waals surface area contributed by atoms with Crippen LogP contribution in [0.1, 0.15) is 29.0 Å². The first kappa shape index (κ1) is 19.1. The first-order chi connectivity index (χ1) is 15.3. The Morgan fingerprint density at radius 2 is 1.77 bits per heavy atom. The molecule has 0 radical (unpaired) electrons. The fourth-order valence-corrected chi connectivity index (χ4v) is 4.18. The molecule has 1 aliphatic carbocycles. The van der Waals surface area contributed by atoms with Gasteiger partial charge >= 0.3 is 6.09 Å². The van der Waals surface area contributed by atoms with Gasteiger partial charge in [-0.3, -0.25) is 5.10 Å². The molecule has 0 saturated carbocycles. The van der Waals surface area contributed by atoms with Gasteiger partial charge in [0.1, 0.15) is 6.61 Å². The fraction of sp³-hybridized carbons (Fsp3) is 0.154. The number of hydrogen-bond donors (Lipinski definition) is 2. The topological polar surface area (TPSA) is 67.0 Å². The van der Waals surface area contributed by atoms with E-state index in [9.17, 15) is 4.79 Å². The molecule has 4 aromatic rings. The van der Waals surface area contributed by atoms with E-state index in [0.29, 0.717) is 13.2 Å². The molecule has 0 aliphatic heterocycles. The molecular weight excluding hydrogens is 386 g/mol. The van der Waals surface area contributed by atoms with Crippen LogP contribution in [0.3, 0.4) is 0 Å². The van der Waals surface area contributed by atoms with E-state index in [1.807, 2.05) is 48.6 Å². The fourth-order valence-electron chi connectivity index (χ4n) is 4.18. The van der Waals surface area contributed by atoms with Crippen molar-refractivity contribution in [3.05, 3.63) is 95.7 Å². The molecule has 1 aromatic heterocycles. The summed E-state index contributed by atoms with van der Waals surface area (Å²) in [5, 5.41) is 10.9. The number of H-pyrrole nitrogens is 1. The first-order valence-corrected chi connectivity index (χ1v) is 10.5. The molecule has 0 atom stereocenters. The van der Waals surface area contributed by atoms with Crippen LogP contribution in [-0.2, 0) is 4.74 Å². The minimum Gasteiger partial charge on any atom is -0.449 e. The maximum atomic E-state index is 12.2. The summed E-state index contributed by atoms with van der Waals surface area (Å²) in [4.78, 5) is 12.2. The van der Waals surface area contributed by atoms with Gasteiger partial charge in [0.2, 0.25) is 0 Å². The van der Waals surface area contributed by atoms with E-state index in [1.54, 1.807) is 6.20 Å². The van der Waals surface area contributed by atoms with Gasteiger partial charge in [-0.2, -0.15) is 5.10 Å². The quantitative estimate of drug-likeness (QED) is 0.413. The molecule has 3 aromatic carbocycles. The smallest absolute Gasteiger partial charge is 0.407 e. The van der Waals surface area contributed by atoms with Crippen LogP contribution in [0.4, 0.5) is 4.79 Å². The lowest BCUT2D eigenvalue weighted by Crippen LogP contribution is -2.26. The summed E-state index contributed by atoms with van der Waals surface area (Å²) in [5.74, 6) is 0.0791. The van der Waals surface area contributed by atoms with Crippen LogP contribution in [-0.4, -0.2) is 29.4 Å². The molecule has 5 heteroatoms. The molecule has 1 heterocycles. The third-order valence-electron chi connectivity index (χ3n) is 5.70. The molecule has 1 amide bonds. The normalized spacial score (nSPS) is 12.8. The van der Waals surface area contributed by atoms with Crippen molar-refractivity contribution in [3.8, 4) is 11.1 Å². The van der Waals surface area contributed by atoms with Gasteiger partial charge in [-0.05, 0) is 40.3 Å². The van der Waals surface area contributed by atoms with E-state index in [4.69, 9.17) is 4.74 Å². The zero-order valence-corrected chi connectivity index (χ0v) is 17.0. The summed E-state index contributed by atoms with van der Waals surface area (Å²) < 4.78 is 5.56. The minimum absolute atomic E-state index is 0.0791. The van der Waals surface area contributed by atoms with Gasteiger partial charge in [0, 0.05) is 17.8 Å². The molecule has 154 valence electrons. The third kappa shape index (κ3) is 3.94. The second-order valence-corrected chi connectivity index (χ2v) is 7.66. The average molecular weight is 409 g/mol. The number of alkyl carbamates (subject to hydrolysis) is 1. The summed E-state index contributed by atoms with van der Waals surface area (Å²) >= 11 is 0. The van der Waals surface area contributed by atoms with Crippen LogP contribution in [0, 0.1) is 0 Å². The highest BCUT2D eigenvalue weighted by Gasteiger charge is 2.28. The number of fused-ring (bicyclic) bond motifs is 4. The number of benzene rings is 3. The summed E-state index contributed by atoms with van der Waals surface area (Å²) in [6.45, 7) is 0.860. The number of aromatic amines is 1. The number of carbonyl (C=O) groups is 1. The number of carbonyl (C=O) groups excluding carboxylic acids is 1. The lowest BCUT2D eigenvalue weighted by Gasteiger charge is -2.14. The molecule has 2 N–H and O–H groups in total. The minimum atomic E-state index is -0.380. The lowest BCUT2D eigenvalue weighted by atomic mass is 9.98. The third-order valence-corrected chi connectivity index (χ3v) is 5.70. The number of amides is 1. The van der Waals surface area contributed by atoms with E-state index in [0.717, 1.165) is 22.9 Å². The van der Waals surface area contributed by atoms with Crippen molar-refractivity contribution >= 4 is 23.1 Å². The Labute approximate surface area is 180 Å². The Kier molecular flexibility index (Phi) is 5.23. The molecule has 0 spiro atoms. The average Bonchev–Trinajstić information content (AvgIpc) is 3.40. The maximum Gasteiger partial charge on any atom is 0.407 e. The van der Waals surface area contributed by atoms with Gasteiger partial charge in [0.15, 0.2) is 0 Å². The Morgan fingerprint density at radius 3 is 2.55 bits per heavy atom. The zero-order chi connectivity index (χ0) is 21.0. The van der Waals surface area contributed by atoms with E-state index in [1.165, 1.54) is 22.3 Å². The van der Waals surface area contributed by atoms with Gasteiger partial charge in [-0.15, -0.1) is 0 Å². The summed E-state index contributed by atoms with van der Waals surface area (Å²) in [5.41, 5.74) is 7.00. The molecule has 0 bridgehead atoms. The largest absolute Gasteiger partial charge is 0.449 e. The number of nitrogens with zero attached hydrogens (tertiary/aromatic N) is 1. The van der Waals surface area contributed by atoms with Crippen molar-refractivity contribution in [3.63, 3.8) is 0 Å². The maximum absolute atomic E-state index is 12.2. The van der Waals surface area contributed by atoms with E-state index in [2.05, 4.69) is 45.8 Å². The number of ether oxygens (including phenoxy) is 1. The van der Waals surface area contributed by atoms with Crippen molar-refractivity contribution in [2.45, 2.75) is 12.3 Å². The highest BCUT2D eigenvalue weighted by molar-refractivity contribution is 5.80. The number of hydrogen-bond acceptors (Lipinski definition) is 3. The van der Waals surface area contributed by atoms with Crippen LogP contribution in [0.5, 0.6) is 0 Å². The highest BCUT2D eigenvalue weighted by Crippen LogP contribution is 2.44. The van der Waals surface area contributed by atoms with Crippen molar-refractivity contribution in [2.75, 3.05) is 13.2 Å². The molecule has 31 heavy (non-hydrogen) atoms. The monoisotopic (exact) mass is 409 g/mol. The molecule has 1 aliphatic rings. The van der Waals surface area contributed by atoms with Crippen molar-refractivity contribution in [1.82, 2.24) is 15.5 Å². The zero-order valence-electron chi connectivity index (χ0n) is 17.0. The molecule has 0 unspecified atom stereocenters. The summed E-state index contributed by atoms with van der Waals surface area (Å²) in [6, 6.07) is 22.8. The standard InChI is InChI=1S/C26H23N3O2/c30-26(27-14-6-5-7-18-12-13-19-16-28-29-25(19)15-18)31-17-24-22-10-3-1-8-20(22)21-9-2-4-11-23(21)24/h1-5,7-13,15-16,24H,6,14,17H2,(H,27,30)(H,28,29). The van der Waals surface area contributed by atoms with Crippen molar-refractivity contribution in [1.29, 1.82) is 0 Å². The van der Waals surface area contributed by atoms with Gasteiger partial charge in [-0.1, -0.05) is 72.8 Å². The number of nitrogens with one attached hydrogen (secondary N) is 2. The first-order valence-electron chi connectivity index (χ1n) is 10.5. The molecule has 0 fully saturated rings. The summed E-state index contributed by atoms with van der Waals surface area (Å²) in [7, 11) is 0. The van der Waals surface area contributed by atoms with Gasteiger partial charge < -0.3 is 10.1 Å². The van der Waals surface area contributed by atoms with E-state index < -0.39 is 0 Å². The Hall–Kier alpha value is -3.86. The van der Waals surface area contributed by atoms with Gasteiger partial charge in [0.05, 0.1) is 11.7 Å². The highest BCUT2D eigenvalue weighted by atomic mass is 16.5. The number of rotatable bonds is 6. The van der Waals surface area contributed by atoms with Gasteiger partial charge in [-0.25, -0.2) is 4.79 Å². The van der Waals surface area contributed by atoms with Crippen LogP contribution in [0.2, 0.25) is 0 Å². The Balaban J connectivity index is 1.12. The lowest BCUT2D eigenvalue weighted by molar-refractivity contribution is 0.143. The molecular formula is C26H23N3O2. The van der Waals surface area contributed by atoms with E-state index >= 15 is 0 Å². The van der Waals surface area contributed by atoms with Gasteiger partial charge in [0.25, 0.3) is 0 Å². The number of aromatic nitrogens is 2. The SMILES string of the molecule is O=C(NCCC=Cc1ccc2cn[nH]c2c1)OCC1c2ccccc2-c2ccccc21. The molecule has 0 saturated heterocycles. The van der Waals surface area contributed by atoms with Crippen LogP contribution < -0.4 is 5.32 Å². The van der Waals surface area contributed by atoms with Crippen LogP contribution in [0.15, 0.2) is 79.0 Å². The second-order valence-electron chi connectivity index (χ2n) is 7.66. The van der Waals surface area contributed by atoms with Crippen LogP contribution in [0.25, 0.3) is 28.1 Å². The Morgan fingerprint density at radius 1 is 1.03 bits per heavy atom. The van der Waals surface area contributed by atoms with Crippen molar-refractivity contribution in [2.24, 2.45) is 0 Å². The second kappa shape index (κ2) is 8.48. The Bertz CT molecular complexity index is 1210. The predicted octanol–water partition coefficient (Wildman–Crippen LogP) is 5.50. The molecule has 5 nitrogen and oxygen atoms in total. The van der Waals surface area contributed by atoms with Crippen molar-refractivity contribution < 1.29 is 9.53 Å². The summed E-state index contributed by atoms with van der Waals surface area (Å²) in [6.07, 6.45) is 6.24. The van der Waals surface area contributed by atoms with Crippen LogP contribution >= 0.6 is 0 Å². The molecule has 5 rings (SSSR count).